The molecule has 10 heteroatoms. The highest BCUT2D eigenvalue weighted by Gasteiger charge is 2.34. The fraction of sp³-hybridized carbons (Fsp3) is 0.316. The molecule has 1 fully saturated rings. The largest absolute Gasteiger partial charge is 0.419 e. The van der Waals surface area contributed by atoms with Gasteiger partial charge in [-0.1, -0.05) is 12.5 Å². The van der Waals surface area contributed by atoms with Gasteiger partial charge in [0.2, 0.25) is 10.0 Å². The summed E-state index contributed by atoms with van der Waals surface area (Å²) in [4.78, 5) is 12.3. The molecule has 0 aromatic heterocycles. The number of amides is 1. The molecule has 1 heterocycles. The van der Waals surface area contributed by atoms with Gasteiger partial charge in [-0.2, -0.15) is 17.5 Å². The Morgan fingerprint density at radius 2 is 1.69 bits per heavy atom. The van der Waals surface area contributed by atoms with Crippen molar-refractivity contribution in [1.29, 1.82) is 0 Å². The third-order valence-electron chi connectivity index (χ3n) is 4.58. The molecule has 1 saturated heterocycles. The van der Waals surface area contributed by atoms with Crippen molar-refractivity contribution in [1.82, 2.24) is 4.31 Å². The molecule has 0 aliphatic carbocycles. The summed E-state index contributed by atoms with van der Waals surface area (Å²) in [6, 6.07) is 7.39. The van der Waals surface area contributed by atoms with E-state index in [1.807, 2.05) is 0 Å². The second-order valence-corrected chi connectivity index (χ2v) is 8.58. The van der Waals surface area contributed by atoms with Gasteiger partial charge in [-0.25, -0.2) is 12.8 Å². The molecular weight excluding hydrogens is 412 g/mol. The Morgan fingerprint density at radius 3 is 2.34 bits per heavy atom. The van der Waals surface area contributed by atoms with Crippen molar-refractivity contribution in [2.24, 2.45) is 0 Å². The zero-order valence-corrected chi connectivity index (χ0v) is 16.0. The van der Waals surface area contributed by atoms with Gasteiger partial charge < -0.3 is 5.32 Å². The van der Waals surface area contributed by atoms with Gasteiger partial charge >= 0.3 is 6.18 Å². The third kappa shape index (κ3) is 4.76. The number of carbonyl (C=O) groups is 1. The average Bonchev–Trinajstić information content (AvgIpc) is 2.68. The molecule has 2 aromatic rings. The zero-order valence-electron chi connectivity index (χ0n) is 15.2. The minimum Gasteiger partial charge on any atom is -0.322 e. The van der Waals surface area contributed by atoms with Crippen LogP contribution in [0.25, 0.3) is 0 Å². The van der Waals surface area contributed by atoms with Crippen LogP contribution in [-0.2, 0) is 16.2 Å². The Bertz CT molecular complexity index is 1020. The lowest BCUT2D eigenvalue weighted by molar-refractivity contribution is -0.140. The van der Waals surface area contributed by atoms with Gasteiger partial charge in [0.15, 0.2) is 0 Å². The average molecular weight is 430 g/mol. The summed E-state index contributed by atoms with van der Waals surface area (Å²) in [5.41, 5.74) is -1.85. The summed E-state index contributed by atoms with van der Waals surface area (Å²) in [5.74, 6) is -2.40. The third-order valence-corrected chi connectivity index (χ3v) is 6.47. The molecule has 1 N–H and O–H groups in total. The van der Waals surface area contributed by atoms with Crippen LogP contribution in [0.5, 0.6) is 0 Å². The fourth-order valence-corrected chi connectivity index (χ4v) is 4.64. The van der Waals surface area contributed by atoms with Crippen molar-refractivity contribution in [2.75, 3.05) is 18.4 Å². The normalized spacial score (nSPS) is 15.9. The summed E-state index contributed by atoms with van der Waals surface area (Å²) >= 11 is 0. The number of nitrogens with zero attached hydrogens (tertiary/aromatic N) is 1. The number of benzene rings is 2. The highest BCUT2D eigenvalue weighted by Crippen LogP contribution is 2.32. The number of nitrogens with one attached hydrogen (secondary N) is 1. The number of anilines is 1. The molecule has 0 radical (unpaired) electrons. The van der Waals surface area contributed by atoms with E-state index in [1.165, 1.54) is 28.6 Å². The van der Waals surface area contributed by atoms with Gasteiger partial charge in [-0.15, -0.1) is 0 Å². The molecule has 0 bridgehead atoms. The smallest absolute Gasteiger partial charge is 0.322 e. The Labute approximate surface area is 165 Å². The van der Waals surface area contributed by atoms with Crippen molar-refractivity contribution in [3.63, 3.8) is 0 Å². The number of sulfonamides is 1. The maximum atomic E-state index is 13.4. The van der Waals surface area contributed by atoms with Crippen molar-refractivity contribution >= 4 is 21.6 Å². The van der Waals surface area contributed by atoms with Crippen LogP contribution in [0.4, 0.5) is 23.2 Å². The summed E-state index contributed by atoms with van der Waals surface area (Å²) in [5, 5.41) is 2.36. The molecule has 0 unspecified atom stereocenters. The Hall–Kier alpha value is -2.46. The van der Waals surface area contributed by atoms with E-state index in [-0.39, 0.29) is 10.6 Å². The number of hydrogen-bond acceptors (Lipinski definition) is 3. The van der Waals surface area contributed by atoms with E-state index in [1.54, 1.807) is 0 Å². The summed E-state index contributed by atoms with van der Waals surface area (Å²) < 4.78 is 78.7. The number of alkyl halides is 3. The molecule has 0 atom stereocenters. The molecule has 3 rings (SSSR count). The molecular formula is C19H18F4N2O3S. The molecule has 29 heavy (non-hydrogen) atoms. The van der Waals surface area contributed by atoms with Crippen molar-refractivity contribution in [3.8, 4) is 0 Å². The van der Waals surface area contributed by atoms with Crippen LogP contribution in [0.1, 0.15) is 35.2 Å². The van der Waals surface area contributed by atoms with Crippen LogP contribution in [-0.4, -0.2) is 31.7 Å². The summed E-state index contributed by atoms with van der Waals surface area (Å²) in [7, 11) is -3.73. The molecule has 156 valence electrons. The first-order chi connectivity index (χ1) is 13.6. The number of piperidine rings is 1. The predicted octanol–water partition coefficient (Wildman–Crippen LogP) is 4.27. The van der Waals surface area contributed by atoms with E-state index in [2.05, 4.69) is 5.32 Å². The van der Waals surface area contributed by atoms with E-state index >= 15 is 0 Å². The van der Waals surface area contributed by atoms with Gasteiger partial charge in [0, 0.05) is 24.3 Å². The van der Waals surface area contributed by atoms with Crippen molar-refractivity contribution < 1.29 is 30.8 Å². The maximum Gasteiger partial charge on any atom is 0.419 e. The molecule has 1 aliphatic rings. The first kappa shape index (κ1) is 21.3. The van der Waals surface area contributed by atoms with E-state index in [0.717, 1.165) is 25.3 Å². The minimum atomic E-state index is -4.94. The molecule has 5 nitrogen and oxygen atoms in total. The number of rotatable bonds is 4. The van der Waals surface area contributed by atoms with Gasteiger partial charge in [0.1, 0.15) is 5.82 Å². The molecule has 2 aromatic carbocycles. The number of hydrogen-bond donors (Lipinski definition) is 1. The van der Waals surface area contributed by atoms with Gasteiger partial charge in [-0.3, -0.25) is 4.79 Å². The summed E-state index contributed by atoms with van der Waals surface area (Å²) in [6.07, 6.45) is -2.45. The first-order valence-corrected chi connectivity index (χ1v) is 10.3. The maximum absolute atomic E-state index is 13.4. The number of carbonyl (C=O) groups excluding carboxylic acids is 1. The molecule has 0 saturated carbocycles. The number of halogens is 4. The van der Waals surface area contributed by atoms with E-state index in [0.29, 0.717) is 25.2 Å². The molecule has 0 spiro atoms. The van der Waals surface area contributed by atoms with Crippen LogP contribution >= 0.6 is 0 Å². The zero-order chi connectivity index (χ0) is 21.2. The highest BCUT2D eigenvalue weighted by molar-refractivity contribution is 7.89. The lowest BCUT2D eigenvalue weighted by Crippen LogP contribution is -2.35. The Kier molecular flexibility index (Phi) is 5.95. The fourth-order valence-electron chi connectivity index (χ4n) is 3.08. The van der Waals surface area contributed by atoms with Crippen LogP contribution in [0.3, 0.4) is 0 Å². The topological polar surface area (TPSA) is 66.5 Å². The van der Waals surface area contributed by atoms with Crippen LogP contribution in [0.2, 0.25) is 0 Å². The SMILES string of the molecule is O=C(Nc1cccc(S(=O)(=O)N2CCCCC2)c1)c1ccc(F)c(C(F)(F)F)c1. The molecule has 1 amide bonds. The lowest BCUT2D eigenvalue weighted by Gasteiger charge is -2.26. The van der Waals surface area contributed by atoms with Crippen LogP contribution < -0.4 is 5.32 Å². The monoisotopic (exact) mass is 430 g/mol. The van der Waals surface area contributed by atoms with Gasteiger partial charge in [0.25, 0.3) is 5.91 Å². The van der Waals surface area contributed by atoms with E-state index in [4.69, 9.17) is 0 Å². The van der Waals surface area contributed by atoms with E-state index < -0.39 is 39.1 Å². The standard InChI is InChI=1S/C19H18F4N2O3S/c20-17-8-7-13(11-16(17)19(21,22)23)18(26)24-14-5-4-6-15(12-14)29(27,28)25-9-2-1-3-10-25/h4-8,11-12H,1-3,9-10H2,(H,24,26). The highest BCUT2D eigenvalue weighted by atomic mass is 32.2. The summed E-state index contributed by atoms with van der Waals surface area (Å²) in [6.45, 7) is 0.823. The minimum absolute atomic E-state index is 0.0210. The van der Waals surface area contributed by atoms with Crippen LogP contribution in [0, 0.1) is 5.82 Å². The molecule has 1 aliphatic heterocycles. The quantitative estimate of drug-likeness (QED) is 0.737. The van der Waals surface area contributed by atoms with Crippen molar-refractivity contribution in [3.05, 3.63) is 59.4 Å². The predicted molar refractivity (Wildman–Crippen MR) is 98.4 cm³/mol. The van der Waals surface area contributed by atoms with Gasteiger partial charge in [0.05, 0.1) is 10.5 Å². The second-order valence-electron chi connectivity index (χ2n) is 6.64. The van der Waals surface area contributed by atoms with Crippen molar-refractivity contribution in [2.45, 2.75) is 30.3 Å². The lowest BCUT2D eigenvalue weighted by atomic mass is 10.1. The van der Waals surface area contributed by atoms with Gasteiger partial charge in [-0.05, 0) is 49.2 Å². The first-order valence-electron chi connectivity index (χ1n) is 8.87. The van der Waals surface area contributed by atoms with Crippen LogP contribution in [0.15, 0.2) is 47.4 Å². The Morgan fingerprint density at radius 1 is 1.00 bits per heavy atom. The second kappa shape index (κ2) is 8.11. The van der Waals surface area contributed by atoms with E-state index in [9.17, 15) is 30.8 Å². The Balaban J connectivity index is 1.83.